The highest BCUT2D eigenvalue weighted by atomic mass is 19.1. The van der Waals surface area contributed by atoms with Crippen molar-refractivity contribution in [3.8, 4) is 11.5 Å². The molecule has 0 spiro atoms. The summed E-state index contributed by atoms with van der Waals surface area (Å²) in [6.07, 6.45) is 0. The van der Waals surface area contributed by atoms with Crippen LogP contribution in [0.5, 0.6) is 11.5 Å². The van der Waals surface area contributed by atoms with Gasteiger partial charge in [-0.15, -0.1) is 0 Å². The third kappa shape index (κ3) is 2.85. The third-order valence-electron chi connectivity index (χ3n) is 3.79. The van der Waals surface area contributed by atoms with Gasteiger partial charge in [-0.3, -0.25) is 0 Å². The van der Waals surface area contributed by atoms with E-state index in [1.807, 2.05) is 26.0 Å². The van der Waals surface area contributed by atoms with E-state index in [1.165, 1.54) is 13.2 Å². The lowest BCUT2D eigenvalue weighted by Crippen LogP contribution is -2.15. The molecular formula is C17H20FNO2. The van der Waals surface area contributed by atoms with Crippen LogP contribution in [-0.2, 0) is 0 Å². The maximum atomic E-state index is 14.2. The molecule has 2 rings (SSSR count). The van der Waals surface area contributed by atoms with Gasteiger partial charge in [0.25, 0.3) is 0 Å². The molecule has 0 saturated carbocycles. The first-order chi connectivity index (χ1) is 9.99. The first kappa shape index (κ1) is 15.3. The molecule has 0 aliphatic carbocycles. The number of halogens is 1. The van der Waals surface area contributed by atoms with E-state index in [9.17, 15) is 4.39 Å². The van der Waals surface area contributed by atoms with E-state index in [4.69, 9.17) is 15.2 Å². The Morgan fingerprint density at radius 2 is 1.67 bits per heavy atom. The summed E-state index contributed by atoms with van der Waals surface area (Å²) in [6, 6.07) is 7.94. The normalized spacial score (nSPS) is 12.1. The van der Waals surface area contributed by atoms with Gasteiger partial charge >= 0.3 is 0 Å². The van der Waals surface area contributed by atoms with Crippen LogP contribution in [0, 0.1) is 19.7 Å². The molecule has 0 aromatic heterocycles. The summed E-state index contributed by atoms with van der Waals surface area (Å²) in [7, 11) is 3.10. The molecule has 2 aromatic carbocycles. The van der Waals surface area contributed by atoms with Crippen LogP contribution >= 0.6 is 0 Å². The highest BCUT2D eigenvalue weighted by molar-refractivity contribution is 5.50. The van der Waals surface area contributed by atoms with Gasteiger partial charge < -0.3 is 15.2 Å². The van der Waals surface area contributed by atoms with Gasteiger partial charge in [0.2, 0.25) is 0 Å². The molecule has 0 bridgehead atoms. The Hall–Kier alpha value is -2.07. The number of benzene rings is 2. The molecule has 0 aliphatic rings. The monoisotopic (exact) mass is 289 g/mol. The molecule has 21 heavy (non-hydrogen) atoms. The molecule has 4 heteroatoms. The number of hydrogen-bond donors (Lipinski definition) is 1. The molecular weight excluding hydrogens is 269 g/mol. The topological polar surface area (TPSA) is 44.5 Å². The predicted molar refractivity (Wildman–Crippen MR) is 81.5 cm³/mol. The van der Waals surface area contributed by atoms with Crippen molar-refractivity contribution >= 4 is 0 Å². The van der Waals surface area contributed by atoms with E-state index in [0.717, 1.165) is 16.7 Å². The third-order valence-corrected chi connectivity index (χ3v) is 3.79. The number of ether oxygens (including phenoxy) is 2. The molecule has 0 aliphatic heterocycles. The van der Waals surface area contributed by atoms with Crippen LogP contribution < -0.4 is 15.2 Å². The van der Waals surface area contributed by atoms with Crippen LogP contribution in [0.4, 0.5) is 4.39 Å². The van der Waals surface area contributed by atoms with Crippen LogP contribution in [0.25, 0.3) is 0 Å². The van der Waals surface area contributed by atoms with Crippen molar-refractivity contribution in [2.45, 2.75) is 19.9 Å². The minimum atomic E-state index is -0.592. The molecule has 0 fully saturated rings. The molecule has 0 saturated heterocycles. The molecule has 0 heterocycles. The lowest BCUT2D eigenvalue weighted by Gasteiger charge is -2.19. The zero-order valence-corrected chi connectivity index (χ0v) is 12.7. The van der Waals surface area contributed by atoms with Gasteiger partial charge in [0.05, 0.1) is 20.3 Å². The van der Waals surface area contributed by atoms with Crippen molar-refractivity contribution in [3.63, 3.8) is 0 Å². The fourth-order valence-corrected chi connectivity index (χ4v) is 2.38. The van der Waals surface area contributed by atoms with Gasteiger partial charge in [0.15, 0.2) is 0 Å². The van der Waals surface area contributed by atoms with E-state index >= 15 is 0 Å². The SMILES string of the molecule is COc1ccc(C(N)c2ccc(C)c(C)c2OC)c(F)c1. The first-order valence-corrected chi connectivity index (χ1v) is 6.72. The number of rotatable bonds is 4. The lowest BCUT2D eigenvalue weighted by atomic mass is 9.94. The van der Waals surface area contributed by atoms with E-state index < -0.39 is 6.04 Å². The van der Waals surface area contributed by atoms with E-state index in [1.54, 1.807) is 19.2 Å². The second kappa shape index (κ2) is 6.14. The summed E-state index contributed by atoms with van der Waals surface area (Å²) >= 11 is 0. The van der Waals surface area contributed by atoms with Crippen LogP contribution in [-0.4, -0.2) is 14.2 Å². The summed E-state index contributed by atoms with van der Waals surface area (Å²) in [5.74, 6) is 0.787. The standard InChI is InChI=1S/C17H20FNO2/c1-10-5-7-14(17(21-4)11(10)2)16(19)13-8-6-12(20-3)9-15(13)18/h5-9,16H,19H2,1-4H3. The number of aryl methyl sites for hydroxylation is 1. The molecule has 112 valence electrons. The van der Waals surface area contributed by atoms with Gasteiger partial charge in [-0.05, 0) is 31.0 Å². The van der Waals surface area contributed by atoms with Crippen molar-refractivity contribution in [2.75, 3.05) is 14.2 Å². The maximum Gasteiger partial charge on any atom is 0.132 e. The fraction of sp³-hybridized carbons (Fsp3) is 0.294. The predicted octanol–water partition coefficient (Wildman–Crippen LogP) is 3.51. The minimum absolute atomic E-state index is 0.387. The smallest absolute Gasteiger partial charge is 0.132 e. The zero-order chi connectivity index (χ0) is 15.6. The summed E-state index contributed by atoms with van der Waals surface area (Å²) in [5, 5.41) is 0. The second-order valence-corrected chi connectivity index (χ2v) is 5.00. The van der Waals surface area contributed by atoms with Gasteiger partial charge in [0, 0.05) is 17.2 Å². The summed E-state index contributed by atoms with van der Waals surface area (Å²) in [4.78, 5) is 0. The van der Waals surface area contributed by atoms with Crippen LogP contribution in [0.2, 0.25) is 0 Å². The number of nitrogens with two attached hydrogens (primary N) is 1. The first-order valence-electron chi connectivity index (χ1n) is 6.72. The average molecular weight is 289 g/mol. The van der Waals surface area contributed by atoms with Gasteiger partial charge in [-0.25, -0.2) is 4.39 Å². The Kier molecular flexibility index (Phi) is 4.48. The average Bonchev–Trinajstić information content (AvgIpc) is 2.49. The van der Waals surface area contributed by atoms with Crippen molar-refractivity contribution in [1.82, 2.24) is 0 Å². The Morgan fingerprint density at radius 1 is 1.00 bits per heavy atom. The van der Waals surface area contributed by atoms with E-state index in [0.29, 0.717) is 17.1 Å². The number of hydrogen-bond acceptors (Lipinski definition) is 3. The molecule has 2 N–H and O–H groups in total. The summed E-state index contributed by atoms with van der Waals surface area (Å²) in [5.41, 5.74) is 9.55. The Balaban J connectivity index is 2.50. The van der Waals surface area contributed by atoms with Crippen molar-refractivity contribution < 1.29 is 13.9 Å². The number of methoxy groups -OCH3 is 2. The Morgan fingerprint density at radius 3 is 2.24 bits per heavy atom. The van der Waals surface area contributed by atoms with Crippen molar-refractivity contribution in [1.29, 1.82) is 0 Å². The van der Waals surface area contributed by atoms with Gasteiger partial charge in [-0.1, -0.05) is 18.2 Å². The molecule has 0 radical (unpaired) electrons. The largest absolute Gasteiger partial charge is 0.497 e. The van der Waals surface area contributed by atoms with Crippen LogP contribution in [0.15, 0.2) is 30.3 Å². The van der Waals surface area contributed by atoms with Gasteiger partial charge in [0.1, 0.15) is 17.3 Å². The fourth-order valence-electron chi connectivity index (χ4n) is 2.38. The van der Waals surface area contributed by atoms with Gasteiger partial charge in [-0.2, -0.15) is 0 Å². The van der Waals surface area contributed by atoms with E-state index in [-0.39, 0.29) is 5.82 Å². The Bertz CT molecular complexity index is 655. The van der Waals surface area contributed by atoms with E-state index in [2.05, 4.69) is 0 Å². The highest BCUT2D eigenvalue weighted by Crippen LogP contribution is 2.34. The summed E-state index contributed by atoms with van der Waals surface area (Å²) in [6.45, 7) is 3.97. The highest BCUT2D eigenvalue weighted by Gasteiger charge is 2.19. The minimum Gasteiger partial charge on any atom is -0.497 e. The maximum absolute atomic E-state index is 14.2. The lowest BCUT2D eigenvalue weighted by molar-refractivity contribution is 0.403. The molecule has 3 nitrogen and oxygen atoms in total. The van der Waals surface area contributed by atoms with Crippen LogP contribution in [0.3, 0.4) is 0 Å². The zero-order valence-electron chi connectivity index (χ0n) is 12.7. The van der Waals surface area contributed by atoms with Crippen molar-refractivity contribution in [2.24, 2.45) is 5.73 Å². The molecule has 2 aromatic rings. The van der Waals surface area contributed by atoms with Crippen LogP contribution in [0.1, 0.15) is 28.3 Å². The Labute approximate surface area is 124 Å². The molecule has 1 atom stereocenters. The molecule has 1 unspecified atom stereocenters. The van der Waals surface area contributed by atoms with Crippen molar-refractivity contribution in [3.05, 3.63) is 58.4 Å². The second-order valence-electron chi connectivity index (χ2n) is 5.00. The molecule has 0 amide bonds. The quantitative estimate of drug-likeness (QED) is 0.936. The summed E-state index contributed by atoms with van der Waals surface area (Å²) < 4.78 is 24.7.